The third-order valence-corrected chi connectivity index (χ3v) is 9.61. The molecular weight excluding hydrogens is 547 g/mol. The molecule has 0 saturated carbocycles. The van der Waals surface area contributed by atoms with E-state index in [-0.39, 0.29) is 37.4 Å². The number of ether oxygens (including phenoxy) is 1. The number of hydrogen-bond donors (Lipinski definition) is 4. The van der Waals surface area contributed by atoms with Crippen LogP contribution in [-0.4, -0.2) is 67.1 Å². The minimum Gasteiger partial charge on any atom is -0.458 e. The summed E-state index contributed by atoms with van der Waals surface area (Å²) in [7, 11) is 0. The highest BCUT2D eigenvalue weighted by Crippen LogP contribution is 2.46. The molecule has 4 N–H and O–H groups in total. The maximum absolute atomic E-state index is 15.1. The standard InChI is InChI=1S/C30H31FN4O7/c1-3-30(41)17-8-21-25-15(10-35(21)28(39)16(17)11-42-29(30)40)24-19(33-27(38)26-22(37)6-7-34(26)12-36)5-4-14-13(2)18(31)9-20(32-25)23(14)24/h8-9,19,22,26,36-37,41H,3-7,10-12H2,1-2H3,(H,33,38)/t19-,22?,26?,30-/m0/s1. The average Bonchev–Trinajstić information content (AvgIpc) is 3.54. The molecule has 1 amide bonds. The number of aliphatic hydroxyl groups is 3. The number of carbonyl (C=O) groups is 2. The van der Waals surface area contributed by atoms with Crippen molar-refractivity contribution in [3.05, 3.63) is 61.7 Å². The number of cyclic esters (lactones) is 1. The molecule has 3 aromatic rings. The highest BCUT2D eigenvalue weighted by molar-refractivity contribution is 5.94. The molecule has 1 fully saturated rings. The molecule has 0 bridgehead atoms. The number of aliphatic hydroxyl groups excluding tert-OH is 2. The van der Waals surface area contributed by atoms with Crippen LogP contribution in [0.5, 0.6) is 0 Å². The van der Waals surface area contributed by atoms with Gasteiger partial charge in [0.25, 0.3) is 5.56 Å². The summed E-state index contributed by atoms with van der Waals surface area (Å²) >= 11 is 0. The lowest BCUT2D eigenvalue weighted by molar-refractivity contribution is -0.172. The Labute approximate surface area is 239 Å². The normalized spacial score (nSPS) is 26.1. The summed E-state index contributed by atoms with van der Waals surface area (Å²) in [4.78, 5) is 46.2. The second-order valence-corrected chi connectivity index (χ2v) is 11.7. The number of carbonyl (C=O) groups excluding carboxylic acids is 2. The van der Waals surface area contributed by atoms with Crippen molar-refractivity contribution in [2.75, 3.05) is 13.3 Å². The second kappa shape index (κ2) is 9.40. The number of rotatable bonds is 4. The van der Waals surface area contributed by atoms with E-state index in [4.69, 9.17) is 9.72 Å². The molecule has 42 heavy (non-hydrogen) atoms. The monoisotopic (exact) mass is 578 g/mol. The maximum Gasteiger partial charge on any atom is 0.343 e. The summed E-state index contributed by atoms with van der Waals surface area (Å²) in [6, 6.07) is 1.52. The first-order valence-electron chi connectivity index (χ1n) is 14.2. The number of aryl methyl sites for hydroxylation is 1. The Hall–Kier alpha value is -3.71. The minimum atomic E-state index is -1.98. The molecule has 3 aliphatic heterocycles. The van der Waals surface area contributed by atoms with Crippen molar-refractivity contribution in [2.45, 2.75) is 76.5 Å². The fourth-order valence-corrected chi connectivity index (χ4v) is 7.29. The number of hydrogen-bond acceptors (Lipinski definition) is 9. The highest BCUT2D eigenvalue weighted by atomic mass is 19.1. The Bertz CT molecular complexity index is 1770. The first-order chi connectivity index (χ1) is 20.1. The van der Waals surface area contributed by atoms with E-state index < -0.39 is 47.0 Å². The van der Waals surface area contributed by atoms with Gasteiger partial charge in [0, 0.05) is 29.1 Å². The van der Waals surface area contributed by atoms with Gasteiger partial charge in [-0.3, -0.25) is 14.5 Å². The van der Waals surface area contributed by atoms with Crippen LogP contribution in [-0.2, 0) is 39.5 Å². The van der Waals surface area contributed by atoms with Gasteiger partial charge in [0.2, 0.25) is 5.91 Å². The predicted molar refractivity (Wildman–Crippen MR) is 147 cm³/mol. The molecule has 7 rings (SSSR count). The molecule has 5 heterocycles. The molecule has 2 aromatic heterocycles. The smallest absolute Gasteiger partial charge is 0.343 e. The van der Waals surface area contributed by atoms with Crippen molar-refractivity contribution in [3.8, 4) is 11.4 Å². The minimum absolute atomic E-state index is 0.00477. The van der Waals surface area contributed by atoms with Gasteiger partial charge in [-0.25, -0.2) is 14.2 Å². The van der Waals surface area contributed by atoms with E-state index in [1.165, 1.54) is 15.5 Å². The molecule has 4 atom stereocenters. The number of fused-ring (bicyclic) bond motifs is 5. The van der Waals surface area contributed by atoms with Gasteiger partial charge in [0.1, 0.15) is 18.5 Å². The summed E-state index contributed by atoms with van der Waals surface area (Å²) in [6.07, 6.45) is 0.378. The molecule has 1 aliphatic carbocycles. The zero-order valence-corrected chi connectivity index (χ0v) is 23.2. The van der Waals surface area contributed by atoms with Crippen LogP contribution in [0.3, 0.4) is 0 Å². The van der Waals surface area contributed by atoms with Crippen molar-refractivity contribution < 1.29 is 34.0 Å². The van der Waals surface area contributed by atoms with Crippen LogP contribution in [0.2, 0.25) is 0 Å². The quantitative estimate of drug-likeness (QED) is 0.260. The van der Waals surface area contributed by atoms with E-state index in [0.717, 1.165) is 16.5 Å². The van der Waals surface area contributed by atoms with Gasteiger partial charge >= 0.3 is 5.97 Å². The van der Waals surface area contributed by atoms with Crippen molar-refractivity contribution in [1.29, 1.82) is 0 Å². The molecule has 11 nitrogen and oxygen atoms in total. The van der Waals surface area contributed by atoms with Crippen LogP contribution in [0.1, 0.15) is 65.6 Å². The Morgan fingerprint density at radius 3 is 2.76 bits per heavy atom. The van der Waals surface area contributed by atoms with E-state index >= 15 is 4.39 Å². The van der Waals surface area contributed by atoms with Gasteiger partial charge in [-0.1, -0.05) is 6.92 Å². The van der Waals surface area contributed by atoms with Gasteiger partial charge in [0.15, 0.2) is 5.60 Å². The van der Waals surface area contributed by atoms with Crippen LogP contribution < -0.4 is 10.9 Å². The van der Waals surface area contributed by atoms with Crippen LogP contribution in [0.4, 0.5) is 4.39 Å². The topological polar surface area (TPSA) is 154 Å². The Kier molecular flexibility index (Phi) is 6.07. The zero-order chi connectivity index (χ0) is 29.7. The van der Waals surface area contributed by atoms with Crippen LogP contribution >= 0.6 is 0 Å². The van der Waals surface area contributed by atoms with Crippen molar-refractivity contribution >= 4 is 22.8 Å². The summed E-state index contributed by atoms with van der Waals surface area (Å²) in [5, 5.41) is 35.3. The van der Waals surface area contributed by atoms with Crippen LogP contribution in [0.15, 0.2) is 16.9 Å². The number of nitrogens with one attached hydrogen (secondary N) is 1. The fraction of sp³-hybridized carbons (Fsp3) is 0.467. The van der Waals surface area contributed by atoms with Gasteiger partial charge in [-0.15, -0.1) is 0 Å². The fourth-order valence-electron chi connectivity index (χ4n) is 7.29. The highest BCUT2D eigenvalue weighted by Gasteiger charge is 2.46. The number of nitrogens with zero attached hydrogens (tertiary/aromatic N) is 3. The van der Waals surface area contributed by atoms with Gasteiger partial charge in [0.05, 0.1) is 47.9 Å². The summed E-state index contributed by atoms with van der Waals surface area (Å²) in [6.45, 7) is 3.23. The predicted octanol–water partition coefficient (Wildman–Crippen LogP) is 1.02. The molecular formula is C30H31FN4O7. The third-order valence-electron chi connectivity index (χ3n) is 9.61. The maximum atomic E-state index is 15.1. The average molecular weight is 579 g/mol. The Morgan fingerprint density at radius 1 is 1.24 bits per heavy atom. The van der Waals surface area contributed by atoms with Crippen molar-refractivity contribution in [1.82, 2.24) is 19.8 Å². The van der Waals surface area contributed by atoms with E-state index in [1.54, 1.807) is 19.9 Å². The Morgan fingerprint density at radius 2 is 2.02 bits per heavy atom. The molecule has 0 spiro atoms. The lowest BCUT2D eigenvalue weighted by Gasteiger charge is -2.32. The van der Waals surface area contributed by atoms with Crippen molar-refractivity contribution in [3.63, 3.8) is 0 Å². The van der Waals surface area contributed by atoms with Crippen LogP contribution in [0, 0.1) is 12.7 Å². The lowest BCUT2D eigenvalue weighted by atomic mass is 9.81. The molecule has 4 aliphatic rings. The van der Waals surface area contributed by atoms with Crippen LogP contribution in [0.25, 0.3) is 22.3 Å². The zero-order valence-electron chi connectivity index (χ0n) is 23.2. The lowest BCUT2D eigenvalue weighted by Crippen LogP contribution is -2.49. The van der Waals surface area contributed by atoms with Gasteiger partial charge in [-0.05, 0) is 55.4 Å². The van der Waals surface area contributed by atoms with E-state index in [9.17, 15) is 29.7 Å². The number of halogens is 1. The molecule has 0 radical (unpaired) electrons. The number of likely N-dealkylation sites (tertiary alicyclic amines) is 1. The number of aromatic nitrogens is 2. The molecule has 12 heteroatoms. The number of esters is 1. The SMILES string of the molecule is CC[C@@]1(O)C(=O)OCc2c1cc1n(c2=O)Cc2c-1nc1cc(F)c(C)c3c1c2[C@@H](NC(=O)C1C(O)CCN1CO)CC3. The summed E-state index contributed by atoms with van der Waals surface area (Å²) < 4.78 is 21.8. The molecule has 1 aromatic carbocycles. The van der Waals surface area contributed by atoms with E-state index in [0.29, 0.717) is 53.8 Å². The second-order valence-electron chi connectivity index (χ2n) is 11.7. The van der Waals surface area contributed by atoms with Crippen molar-refractivity contribution in [2.24, 2.45) is 0 Å². The molecule has 220 valence electrons. The summed E-state index contributed by atoms with van der Waals surface area (Å²) in [5.74, 6) is -1.65. The Balaban J connectivity index is 1.42. The first-order valence-corrected chi connectivity index (χ1v) is 14.2. The number of amides is 1. The molecule has 2 unspecified atom stereocenters. The van der Waals surface area contributed by atoms with Gasteiger partial charge < -0.3 is 29.9 Å². The number of pyridine rings is 2. The number of benzene rings is 1. The van der Waals surface area contributed by atoms with E-state index in [1.807, 2.05) is 0 Å². The van der Waals surface area contributed by atoms with E-state index in [2.05, 4.69) is 5.32 Å². The first kappa shape index (κ1) is 27.1. The third kappa shape index (κ3) is 3.58. The summed E-state index contributed by atoms with van der Waals surface area (Å²) in [5.41, 5.74) is 1.88. The largest absolute Gasteiger partial charge is 0.458 e. The van der Waals surface area contributed by atoms with Gasteiger partial charge in [-0.2, -0.15) is 0 Å². The molecule has 1 saturated heterocycles.